The predicted octanol–water partition coefficient (Wildman–Crippen LogP) is 3.34. The number of hydrogen-bond acceptors (Lipinski definition) is 7. The number of nitrogens with zero attached hydrogens (tertiary/aromatic N) is 4. The Hall–Kier alpha value is -1.99. The highest BCUT2D eigenvalue weighted by atomic mass is 16.5. The Labute approximate surface area is 154 Å². The van der Waals surface area contributed by atoms with Gasteiger partial charge in [0, 0.05) is 31.5 Å². The van der Waals surface area contributed by atoms with Crippen LogP contribution in [0.4, 0.5) is 0 Å². The van der Waals surface area contributed by atoms with Gasteiger partial charge in [-0.15, -0.1) is 0 Å². The molecule has 7 heteroatoms. The first-order valence-corrected chi connectivity index (χ1v) is 9.12. The van der Waals surface area contributed by atoms with E-state index in [9.17, 15) is 0 Å². The number of rotatable bonds is 7. The van der Waals surface area contributed by atoms with E-state index >= 15 is 0 Å². The van der Waals surface area contributed by atoms with Gasteiger partial charge < -0.3 is 14.0 Å². The van der Waals surface area contributed by atoms with Crippen molar-refractivity contribution < 1.29 is 14.0 Å². The van der Waals surface area contributed by atoms with Crippen LogP contribution in [0.3, 0.4) is 0 Å². The zero-order chi connectivity index (χ0) is 18.6. The number of likely N-dealkylation sites (tertiary alicyclic amines) is 1. The van der Waals surface area contributed by atoms with Crippen LogP contribution in [0.25, 0.3) is 11.4 Å². The molecule has 3 heterocycles. The van der Waals surface area contributed by atoms with Gasteiger partial charge in [-0.3, -0.25) is 4.90 Å². The second kappa shape index (κ2) is 8.14. The molecular formula is C19H28N4O3. The third-order valence-electron chi connectivity index (χ3n) is 4.30. The third kappa shape index (κ3) is 4.80. The van der Waals surface area contributed by atoms with Gasteiger partial charge in [-0.25, -0.2) is 4.98 Å². The highest BCUT2D eigenvalue weighted by Crippen LogP contribution is 2.34. The summed E-state index contributed by atoms with van der Waals surface area (Å²) >= 11 is 0. The second-order valence-corrected chi connectivity index (χ2v) is 7.87. The van der Waals surface area contributed by atoms with E-state index in [-0.39, 0.29) is 11.5 Å². The maximum Gasteiger partial charge on any atom is 0.244 e. The van der Waals surface area contributed by atoms with Crippen molar-refractivity contribution in [2.24, 2.45) is 5.41 Å². The fourth-order valence-electron chi connectivity index (χ4n) is 3.22. The molecule has 0 bridgehead atoms. The first-order valence-electron chi connectivity index (χ1n) is 9.12. The smallest absolute Gasteiger partial charge is 0.244 e. The summed E-state index contributed by atoms with van der Waals surface area (Å²) in [5.41, 5.74) is 1.06. The molecule has 0 amide bonds. The Morgan fingerprint density at radius 2 is 2.12 bits per heavy atom. The Morgan fingerprint density at radius 1 is 1.27 bits per heavy atom. The van der Waals surface area contributed by atoms with Crippen LogP contribution in [0.2, 0.25) is 0 Å². The van der Waals surface area contributed by atoms with Crippen LogP contribution in [0.1, 0.15) is 45.5 Å². The van der Waals surface area contributed by atoms with E-state index < -0.39 is 0 Å². The fourth-order valence-corrected chi connectivity index (χ4v) is 3.22. The molecule has 1 aliphatic rings. The largest absolute Gasteiger partial charge is 0.475 e. The van der Waals surface area contributed by atoms with Gasteiger partial charge in [-0.2, -0.15) is 4.98 Å². The molecule has 1 fully saturated rings. The summed E-state index contributed by atoms with van der Waals surface area (Å²) in [6.07, 6.45) is 3.92. The molecule has 0 aliphatic carbocycles. The standard InChI is InChI=1S/C19H28N4O3/c1-19(2,3)13-23-9-5-6-15(23)18-21-17(22-26-18)14-7-8-16(20-12-14)25-11-10-24-4/h7-8,12,15H,5-6,9-11,13H2,1-4H3. The van der Waals surface area contributed by atoms with Crippen molar-refractivity contribution in [3.63, 3.8) is 0 Å². The molecule has 3 rings (SSSR count). The van der Waals surface area contributed by atoms with Gasteiger partial charge in [0.1, 0.15) is 6.61 Å². The fraction of sp³-hybridized carbons (Fsp3) is 0.632. The van der Waals surface area contributed by atoms with Crippen LogP contribution in [0.5, 0.6) is 5.88 Å². The Balaban J connectivity index is 1.67. The summed E-state index contributed by atoms with van der Waals surface area (Å²) < 4.78 is 16.0. The lowest BCUT2D eigenvalue weighted by molar-refractivity contribution is 0.144. The molecule has 26 heavy (non-hydrogen) atoms. The van der Waals surface area contributed by atoms with Crippen LogP contribution in [-0.4, -0.2) is 53.4 Å². The lowest BCUT2D eigenvalue weighted by Gasteiger charge is -2.29. The molecule has 2 aromatic heterocycles. The van der Waals surface area contributed by atoms with Gasteiger partial charge in [0.25, 0.3) is 0 Å². The van der Waals surface area contributed by atoms with Gasteiger partial charge >= 0.3 is 0 Å². The summed E-state index contributed by atoms with van der Waals surface area (Å²) in [6.45, 7) is 9.86. The zero-order valence-corrected chi connectivity index (χ0v) is 16.1. The average Bonchev–Trinajstić information content (AvgIpc) is 3.23. The summed E-state index contributed by atoms with van der Waals surface area (Å²) in [5.74, 6) is 1.82. The van der Waals surface area contributed by atoms with Crippen molar-refractivity contribution in [3.05, 3.63) is 24.2 Å². The molecule has 1 aliphatic heterocycles. The lowest BCUT2D eigenvalue weighted by Crippen LogP contribution is -2.32. The molecule has 0 radical (unpaired) electrons. The maximum absolute atomic E-state index is 5.58. The summed E-state index contributed by atoms with van der Waals surface area (Å²) in [4.78, 5) is 11.4. The molecule has 2 aromatic rings. The van der Waals surface area contributed by atoms with E-state index in [4.69, 9.17) is 14.0 Å². The van der Waals surface area contributed by atoms with Crippen LogP contribution < -0.4 is 4.74 Å². The SMILES string of the molecule is COCCOc1ccc(-c2noc(C3CCCN3CC(C)(C)C)n2)cn1. The maximum atomic E-state index is 5.58. The van der Waals surface area contributed by atoms with Crippen LogP contribution in [-0.2, 0) is 4.74 Å². The van der Waals surface area contributed by atoms with Crippen molar-refractivity contribution in [1.29, 1.82) is 0 Å². The van der Waals surface area contributed by atoms with E-state index in [1.54, 1.807) is 13.3 Å². The lowest BCUT2D eigenvalue weighted by atomic mass is 9.96. The van der Waals surface area contributed by atoms with Gasteiger partial charge in [-0.1, -0.05) is 25.9 Å². The first kappa shape index (κ1) is 18.8. The zero-order valence-electron chi connectivity index (χ0n) is 16.1. The summed E-state index contributed by atoms with van der Waals surface area (Å²) in [5, 5.41) is 4.15. The van der Waals surface area contributed by atoms with E-state index in [0.29, 0.717) is 30.8 Å². The molecule has 142 valence electrons. The van der Waals surface area contributed by atoms with Crippen molar-refractivity contribution >= 4 is 0 Å². The molecule has 1 saturated heterocycles. The summed E-state index contributed by atoms with van der Waals surface area (Å²) in [6, 6.07) is 3.91. The summed E-state index contributed by atoms with van der Waals surface area (Å²) in [7, 11) is 1.64. The van der Waals surface area contributed by atoms with Gasteiger partial charge in [-0.05, 0) is 30.9 Å². The highest BCUT2D eigenvalue weighted by Gasteiger charge is 2.33. The molecule has 7 nitrogen and oxygen atoms in total. The third-order valence-corrected chi connectivity index (χ3v) is 4.30. The topological polar surface area (TPSA) is 73.5 Å². The van der Waals surface area contributed by atoms with Gasteiger partial charge in [0.05, 0.1) is 12.6 Å². The minimum atomic E-state index is 0.208. The van der Waals surface area contributed by atoms with Crippen molar-refractivity contribution in [3.8, 4) is 17.3 Å². The number of aromatic nitrogens is 3. The number of methoxy groups -OCH3 is 1. The molecular weight excluding hydrogens is 332 g/mol. The van der Waals surface area contributed by atoms with Crippen LogP contribution in [0.15, 0.2) is 22.9 Å². The van der Waals surface area contributed by atoms with Gasteiger partial charge in [0.15, 0.2) is 0 Å². The van der Waals surface area contributed by atoms with Gasteiger partial charge in [0.2, 0.25) is 17.6 Å². The number of hydrogen-bond donors (Lipinski definition) is 0. The average molecular weight is 360 g/mol. The normalized spacial score (nSPS) is 18.4. The Kier molecular flexibility index (Phi) is 5.88. The monoisotopic (exact) mass is 360 g/mol. The molecule has 0 spiro atoms. The van der Waals surface area contributed by atoms with E-state index in [2.05, 4.69) is 40.8 Å². The van der Waals surface area contributed by atoms with Crippen molar-refractivity contribution in [2.45, 2.75) is 39.7 Å². The highest BCUT2D eigenvalue weighted by molar-refractivity contribution is 5.53. The predicted molar refractivity (Wildman–Crippen MR) is 97.9 cm³/mol. The minimum absolute atomic E-state index is 0.208. The van der Waals surface area contributed by atoms with E-state index in [1.807, 2.05) is 12.1 Å². The molecule has 0 saturated carbocycles. The number of pyridine rings is 1. The van der Waals surface area contributed by atoms with Crippen molar-refractivity contribution in [2.75, 3.05) is 33.4 Å². The molecule has 0 N–H and O–H groups in total. The first-order chi connectivity index (χ1) is 12.5. The van der Waals surface area contributed by atoms with Crippen molar-refractivity contribution in [1.82, 2.24) is 20.0 Å². The van der Waals surface area contributed by atoms with Crippen LogP contribution >= 0.6 is 0 Å². The quantitative estimate of drug-likeness (QED) is 0.701. The molecule has 0 aromatic carbocycles. The second-order valence-electron chi connectivity index (χ2n) is 7.87. The molecule has 1 atom stereocenters. The van der Waals surface area contributed by atoms with E-state index in [0.717, 1.165) is 31.5 Å². The number of ether oxygens (including phenoxy) is 2. The molecule has 1 unspecified atom stereocenters. The Morgan fingerprint density at radius 3 is 2.81 bits per heavy atom. The Bertz CT molecular complexity index is 694. The van der Waals surface area contributed by atoms with E-state index in [1.165, 1.54) is 0 Å². The van der Waals surface area contributed by atoms with Crippen LogP contribution in [0, 0.1) is 5.41 Å². The minimum Gasteiger partial charge on any atom is -0.475 e.